The van der Waals surface area contributed by atoms with E-state index < -0.39 is 6.04 Å². The van der Waals surface area contributed by atoms with E-state index in [1.807, 2.05) is 0 Å². The second-order valence-corrected chi connectivity index (χ2v) is 5.04. The van der Waals surface area contributed by atoms with Crippen molar-refractivity contribution in [1.82, 2.24) is 0 Å². The van der Waals surface area contributed by atoms with Crippen molar-refractivity contribution >= 4 is 21.7 Å². The molecule has 0 bridgehead atoms. The molecule has 1 atom stereocenters. The van der Waals surface area contributed by atoms with Crippen molar-refractivity contribution in [2.24, 2.45) is 5.73 Å². The number of Topliss-reactive ketones (excluding diaryl/α,β-unsaturated/α-hetero) is 1. The summed E-state index contributed by atoms with van der Waals surface area (Å²) in [5.41, 5.74) is 6.13. The van der Waals surface area contributed by atoms with Crippen LogP contribution in [0, 0.1) is 5.82 Å². The molecule has 0 heterocycles. The molecule has 0 radical (unpaired) electrons. The Kier molecular flexibility index (Phi) is 6.46. The molecule has 0 aliphatic carbocycles. The molecular formula is C13H17BrFNO2. The number of benzene rings is 1. The van der Waals surface area contributed by atoms with Crippen molar-refractivity contribution in [3.8, 4) is 0 Å². The van der Waals surface area contributed by atoms with Gasteiger partial charge in [-0.1, -0.05) is 22.0 Å². The van der Waals surface area contributed by atoms with Crippen LogP contribution in [0.15, 0.2) is 22.7 Å². The fourth-order valence-electron chi connectivity index (χ4n) is 1.59. The smallest absolute Gasteiger partial charge is 0.153 e. The first-order valence-corrected chi connectivity index (χ1v) is 6.55. The Hall–Kier alpha value is -0.780. The third kappa shape index (κ3) is 4.84. The lowest BCUT2D eigenvalue weighted by Crippen LogP contribution is -2.32. The van der Waals surface area contributed by atoms with Crippen LogP contribution in [0.4, 0.5) is 4.39 Å². The molecule has 0 fully saturated rings. The van der Waals surface area contributed by atoms with Gasteiger partial charge in [0.1, 0.15) is 5.82 Å². The second kappa shape index (κ2) is 7.61. The summed E-state index contributed by atoms with van der Waals surface area (Å²) in [6.07, 6.45) is 1.32. The van der Waals surface area contributed by atoms with E-state index in [2.05, 4.69) is 15.9 Å². The highest BCUT2D eigenvalue weighted by atomic mass is 79.9. The SMILES string of the molecule is COCCCC(N)C(=O)Cc1ccc(Br)cc1F. The Bertz CT molecular complexity index is 412. The van der Waals surface area contributed by atoms with Crippen molar-refractivity contribution in [3.05, 3.63) is 34.1 Å². The lowest BCUT2D eigenvalue weighted by Gasteiger charge is -2.10. The molecular weight excluding hydrogens is 301 g/mol. The first-order valence-electron chi connectivity index (χ1n) is 5.75. The number of hydrogen-bond acceptors (Lipinski definition) is 3. The van der Waals surface area contributed by atoms with Gasteiger partial charge in [-0.15, -0.1) is 0 Å². The van der Waals surface area contributed by atoms with E-state index in [1.54, 1.807) is 19.2 Å². The number of carbonyl (C=O) groups excluding carboxylic acids is 1. The summed E-state index contributed by atoms with van der Waals surface area (Å²) in [7, 11) is 1.60. The Morgan fingerprint density at radius 2 is 2.28 bits per heavy atom. The van der Waals surface area contributed by atoms with Gasteiger partial charge in [-0.05, 0) is 30.5 Å². The molecule has 5 heteroatoms. The summed E-state index contributed by atoms with van der Waals surface area (Å²) in [6.45, 7) is 0.577. The van der Waals surface area contributed by atoms with Gasteiger partial charge in [0.2, 0.25) is 0 Å². The first-order chi connectivity index (χ1) is 8.54. The minimum atomic E-state index is -0.553. The molecule has 1 aromatic rings. The van der Waals surface area contributed by atoms with E-state index in [9.17, 15) is 9.18 Å². The van der Waals surface area contributed by atoms with E-state index in [-0.39, 0.29) is 18.0 Å². The molecule has 2 N–H and O–H groups in total. The van der Waals surface area contributed by atoms with Crippen LogP contribution in [0.5, 0.6) is 0 Å². The van der Waals surface area contributed by atoms with Crippen LogP contribution < -0.4 is 5.73 Å². The fourth-order valence-corrected chi connectivity index (χ4v) is 1.93. The van der Waals surface area contributed by atoms with E-state index in [0.29, 0.717) is 23.1 Å². The second-order valence-electron chi connectivity index (χ2n) is 4.12. The number of halogens is 2. The zero-order chi connectivity index (χ0) is 13.5. The lowest BCUT2D eigenvalue weighted by molar-refractivity contribution is -0.119. The maximum absolute atomic E-state index is 13.5. The normalized spacial score (nSPS) is 12.4. The van der Waals surface area contributed by atoms with Gasteiger partial charge in [0, 0.05) is 24.6 Å². The molecule has 100 valence electrons. The highest BCUT2D eigenvalue weighted by molar-refractivity contribution is 9.10. The summed E-state index contributed by atoms with van der Waals surface area (Å²) < 4.78 is 19.1. The number of methoxy groups -OCH3 is 1. The maximum Gasteiger partial charge on any atom is 0.153 e. The number of ether oxygens (including phenoxy) is 1. The van der Waals surface area contributed by atoms with Crippen molar-refractivity contribution in [2.75, 3.05) is 13.7 Å². The largest absolute Gasteiger partial charge is 0.385 e. The summed E-state index contributed by atoms with van der Waals surface area (Å²) >= 11 is 3.17. The minimum Gasteiger partial charge on any atom is -0.385 e. The topological polar surface area (TPSA) is 52.3 Å². The average molecular weight is 318 g/mol. The molecule has 0 saturated carbocycles. The number of ketones is 1. The Morgan fingerprint density at radius 3 is 2.89 bits per heavy atom. The van der Waals surface area contributed by atoms with Gasteiger partial charge in [-0.3, -0.25) is 4.79 Å². The Balaban J connectivity index is 2.53. The fraction of sp³-hybridized carbons (Fsp3) is 0.462. The quantitative estimate of drug-likeness (QED) is 0.786. The van der Waals surface area contributed by atoms with E-state index in [1.165, 1.54) is 6.07 Å². The van der Waals surface area contributed by atoms with Crippen LogP contribution in [-0.4, -0.2) is 25.5 Å². The zero-order valence-corrected chi connectivity index (χ0v) is 11.9. The third-order valence-corrected chi connectivity index (χ3v) is 3.15. The molecule has 1 rings (SSSR count). The Labute approximate surface area is 115 Å². The van der Waals surface area contributed by atoms with Crippen LogP contribution in [-0.2, 0) is 16.0 Å². The van der Waals surface area contributed by atoms with Gasteiger partial charge in [0.15, 0.2) is 5.78 Å². The van der Waals surface area contributed by atoms with Crippen LogP contribution in [0.25, 0.3) is 0 Å². The van der Waals surface area contributed by atoms with Crippen molar-refractivity contribution in [2.45, 2.75) is 25.3 Å². The molecule has 3 nitrogen and oxygen atoms in total. The van der Waals surface area contributed by atoms with Crippen LogP contribution in [0.2, 0.25) is 0 Å². The van der Waals surface area contributed by atoms with Crippen molar-refractivity contribution in [1.29, 1.82) is 0 Å². The highest BCUT2D eigenvalue weighted by Crippen LogP contribution is 2.16. The summed E-state index contributed by atoms with van der Waals surface area (Å²) in [5, 5.41) is 0. The lowest BCUT2D eigenvalue weighted by atomic mass is 10.0. The van der Waals surface area contributed by atoms with Crippen LogP contribution in [0.3, 0.4) is 0 Å². The molecule has 0 aliphatic rings. The van der Waals surface area contributed by atoms with Crippen LogP contribution in [0.1, 0.15) is 18.4 Å². The minimum absolute atomic E-state index is 0.0350. The summed E-state index contributed by atoms with van der Waals surface area (Å²) in [5.74, 6) is -0.533. The van der Waals surface area contributed by atoms with Crippen molar-refractivity contribution < 1.29 is 13.9 Å². The molecule has 0 aromatic heterocycles. The summed E-state index contributed by atoms with van der Waals surface area (Å²) in [4.78, 5) is 11.8. The van der Waals surface area contributed by atoms with Gasteiger partial charge in [0.05, 0.1) is 6.04 Å². The zero-order valence-electron chi connectivity index (χ0n) is 10.3. The summed E-state index contributed by atoms with van der Waals surface area (Å²) in [6, 6.07) is 4.10. The predicted molar refractivity (Wildman–Crippen MR) is 71.9 cm³/mol. The van der Waals surface area contributed by atoms with Gasteiger partial charge < -0.3 is 10.5 Å². The Morgan fingerprint density at radius 1 is 1.56 bits per heavy atom. The third-order valence-electron chi connectivity index (χ3n) is 2.66. The number of nitrogens with two attached hydrogens (primary N) is 1. The number of rotatable bonds is 7. The van der Waals surface area contributed by atoms with E-state index in [0.717, 1.165) is 6.42 Å². The van der Waals surface area contributed by atoms with Crippen molar-refractivity contribution in [3.63, 3.8) is 0 Å². The van der Waals surface area contributed by atoms with Gasteiger partial charge >= 0.3 is 0 Å². The van der Waals surface area contributed by atoms with Gasteiger partial charge in [0.25, 0.3) is 0 Å². The maximum atomic E-state index is 13.5. The molecule has 0 spiro atoms. The average Bonchev–Trinajstić information content (AvgIpc) is 2.32. The molecule has 1 unspecified atom stereocenters. The predicted octanol–water partition coefficient (Wildman–Crippen LogP) is 2.45. The number of hydrogen-bond donors (Lipinski definition) is 1. The molecule has 0 amide bonds. The number of carbonyl (C=O) groups is 1. The highest BCUT2D eigenvalue weighted by Gasteiger charge is 2.15. The van der Waals surface area contributed by atoms with Gasteiger partial charge in [-0.25, -0.2) is 4.39 Å². The van der Waals surface area contributed by atoms with E-state index in [4.69, 9.17) is 10.5 Å². The van der Waals surface area contributed by atoms with E-state index >= 15 is 0 Å². The molecule has 18 heavy (non-hydrogen) atoms. The molecule has 0 saturated heterocycles. The van der Waals surface area contributed by atoms with Crippen LogP contribution >= 0.6 is 15.9 Å². The molecule has 1 aromatic carbocycles. The monoisotopic (exact) mass is 317 g/mol. The van der Waals surface area contributed by atoms with Gasteiger partial charge in [-0.2, -0.15) is 0 Å². The first kappa shape index (κ1) is 15.3. The molecule has 0 aliphatic heterocycles. The standard InChI is InChI=1S/C13H17BrFNO2/c1-18-6-2-3-12(16)13(17)7-9-4-5-10(14)8-11(9)15/h4-5,8,12H,2-3,6-7,16H2,1H3.